The van der Waals surface area contributed by atoms with Gasteiger partial charge in [-0.15, -0.1) is 0 Å². The van der Waals surface area contributed by atoms with Crippen molar-refractivity contribution >= 4 is 5.82 Å². The fraction of sp³-hybridized carbons (Fsp3) is 0.444. The third-order valence-electron chi connectivity index (χ3n) is 4.10. The maximum atomic E-state index is 4.73. The molecule has 1 unspecified atom stereocenters. The Kier molecular flexibility index (Phi) is 4.68. The Balaban J connectivity index is 1.86. The molecule has 0 saturated carbocycles. The molecule has 2 aromatic rings. The molecule has 116 valence electrons. The van der Waals surface area contributed by atoms with Gasteiger partial charge in [-0.1, -0.05) is 36.8 Å². The van der Waals surface area contributed by atoms with Crippen molar-refractivity contribution in [2.75, 3.05) is 18.4 Å². The number of anilines is 1. The van der Waals surface area contributed by atoms with Crippen LogP contribution in [0.2, 0.25) is 0 Å². The Labute approximate surface area is 132 Å². The predicted octanol–water partition coefficient (Wildman–Crippen LogP) is 3.18. The lowest BCUT2D eigenvalue weighted by Crippen LogP contribution is -2.38. The summed E-state index contributed by atoms with van der Waals surface area (Å²) in [4.78, 5) is 9.40. The lowest BCUT2D eigenvalue weighted by molar-refractivity contribution is 0.479. The van der Waals surface area contributed by atoms with Crippen molar-refractivity contribution in [1.29, 1.82) is 0 Å². The number of hydrogen-bond acceptors (Lipinski definition) is 4. The molecule has 0 bridgehead atoms. The molecule has 2 heterocycles. The van der Waals surface area contributed by atoms with Crippen molar-refractivity contribution in [2.45, 2.75) is 39.2 Å². The minimum absolute atomic E-state index is 0.458. The number of piperidine rings is 1. The topological polar surface area (TPSA) is 49.8 Å². The largest absolute Gasteiger partial charge is 0.366 e. The number of nitrogens with zero attached hydrogens (tertiary/aromatic N) is 2. The first-order valence-corrected chi connectivity index (χ1v) is 8.17. The van der Waals surface area contributed by atoms with Gasteiger partial charge in [-0.3, -0.25) is 0 Å². The minimum Gasteiger partial charge on any atom is -0.366 e. The van der Waals surface area contributed by atoms with Gasteiger partial charge in [-0.25, -0.2) is 9.97 Å². The average molecular weight is 296 g/mol. The zero-order chi connectivity index (χ0) is 15.4. The first-order valence-electron chi connectivity index (χ1n) is 8.17. The fourth-order valence-electron chi connectivity index (χ4n) is 2.77. The lowest BCUT2D eigenvalue weighted by Gasteiger charge is -2.24. The van der Waals surface area contributed by atoms with E-state index < -0.39 is 0 Å². The van der Waals surface area contributed by atoms with Gasteiger partial charge in [0.1, 0.15) is 5.82 Å². The van der Waals surface area contributed by atoms with Crippen molar-refractivity contribution in [3.8, 4) is 11.4 Å². The van der Waals surface area contributed by atoms with Crippen LogP contribution in [0.25, 0.3) is 11.4 Å². The Morgan fingerprint density at radius 2 is 2.05 bits per heavy atom. The average Bonchev–Trinajstić information content (AvgIpc) is 2.56. The summed E-state index contributed by atoms with van der Waals surface area (Å²) < 4.78 is 0. The number of nitrogens with one attached hydrogen (secondary N) is 2. The van der Waals surface area contributed by atoms with Crippen molar-refractivity contribution in [1.82, 2.24) is 15.3 Å². The summed E-state index contributed by atoms with van der Waals surface area (Å²) in [6.07, 6.45) is 3.32. The van der Waals surface area contributed by atoms with Crippen LogP contribution in [0.15, 0.2) is 30.3 Å². The van der Waals surface area contributed by atoms with E-state index in [0.29, 0.717) is 6.04 Å². The molecular weight excluding hydrogens is 272 g/mol. The molecule has 1 fully saturated rings. The lowest BCUT2D eigenvalue weighted by atomic mass is 10.1. The van der Waals surface area contributed by atoms with Crippen LogP contribution in [0.5, 0.6) is 0 Å². The molecule has 3 rings (SSSR count). The highest BCUT2D eigenvalue weighted by molar-refractivity contribution is 5.58. The fourth-order valence-corrected chi connectivity index (χ4v) is 2.77. The normalized spacial score (nSPS) is 18.2. The minimum atomic E-state index is 0.458. The van der Waals surface area contributed by atoms with Gasteiger partial charge in [-0.2, -0.15) is 0 Å². The van der Waals surface area contributed by atoms with Gasteiger partial charge in [0.05, 0.1) is 0 Å². The van der Waals surface area contributed by atoms with Crippen LogP contribution in [0.3, 0.4) is 0 Å². The Morgan fingerprint density at radius 1 is 1.23 bits per heavy atom. The van der Waals surface area contributed by atoms with Gasteiger partial charge < -0.3 is 10.6 Å². The molecule has 22 heavy (non-hydrogen) atoms. The van der Waals surface area contributed by atoms with E-state index in [-0.39, 0.29) is 0 Å². The van der Waals surface area contributed by atoms with E-state index in [1.54, 1.807) is 0 Å². The van der Waals surface area contributed by atoms with Crippen LogP contribution in [-0.2, 0) is 6.42 Å². The summed E-state index contributed by atoms with van der Waals surface area (Å²) in [5, 5.41) is 6.99. The monoisotopic (exact) mass is 296 g/mol. The third-order valence-corrected chi connectivity index (χ3v) is 4.10. The Morgan fingerprint density at radius 3 is 2.73 bits per heavy atom. The molecule has 0 amide bonds. The summed E-state index contributed by atoms with van der Waals surface area (Å²) in [6, 6.07) is 10.9. The molecule has 0 spiro atoms. The second kappa shape index (κ2) is 6.88. The van der Waals surface area contributed by atoms with Gasteiger partial charge in [0, 0.05) is 29.9 Å². The van der Waals surface area contributed by atoms with E-state index in [0.717, 1.165) is 42.4 Å². The predicted molar refractivity (Wildman–Crippen MR) is 91.1 cm³/mol. The highest BCUT2D eigenvalue weighted by Crippen LogP contribution is 2.20. The highest BCUT2D eigenvalue weighted by atomic mass is 15.1. The number of aromatic nitrogens is 2. The number of rotatable bonds is 4. The third kappa shape index (κ3) is 3.63. The second-order valence-electron chi connectivity index (χ2n) is 5.98. The number of hydrogen-bond donors (Lipinski definition) is 2. The van der Waals surface area contributed by atoms with Crippen LogP contribution in [0, 0.1) is 6.92 Å². The first kappa shape index (κ1) is 15.0. The van der Waals surface area contributed by atoms with E-state index in [1.807, 2.05) is 0 Å². The molecule has 0 aliphatic carbocycles. The molecular formula is C18H24N4. The van der Waals surface area contributed by atoms with Crippen LogP contribution in [0.1, 0.15) is 31.0 Å². The van der Waals surface area contributed by atoms with Crippen molar-refractivity contribution in [3.05, 3.63) is 41.6 Å². The number of benzene rings is 1. The molecule has 2 N–H and O–H groups in total. The SMILES string of the molecule is CCc1cc(NC2CCCNC2)nc(-c2ccc(C)cc2)n1. The number of aryl methyl sites for hydroxylation is 2. The summed E-state index contributed by atoms with van der Waals surface area (Å²) in [7, 11) is 0. The molecule has 4 nitrogen and oxygen atoms in total. The van der Waals surface area contributed by atoms with Gasteiger partial charge in [0.25, 0.3) is 0 Å². The molecule has 4 heteroatoms. The van der Waals surface area contributed by atoms with Crippen LogP contribution < -0.4 is 10.6 Å². The van der Waals surface area contributed by atoms with Crippen molar-refractivity contribution in [2.24, 2.45) is 0 Å². The van der Waals surface area contributed by atoms with Gasteiger partial charge in [-0.05, 0) is 32.7 Å². The van der Waals surface area contributed by atoms with Crippen molar-refractivity contribution in [3.63, 3.8) is 0 Å². The maximum absolute atomic E-state index is 4.73. The van der Waals surface area contributed by atoms with Crippen LogP contribution in [-0.4, -0.2) is 29.1 Å². The van der Waals surface area contributed by atoms with E-state index in [4.69, 9.17) is 4.98 Å². The molecule has 1 aromatic carbocycles. The smallest absolute Gasteiger partial charge is 0.161 e. The van der Waals surface area contributed by atoms with Crippen LogP contribution >= 0.6 is 0 Å². The Bertz CT molecular complexity index is 615. The molecule has 0 radical (unpaired) electrons. The molecule has 1 saturated heterocycles. The molecule has 1 aromatic heterocycles. The van der Waals surface area contributed by atoms with E-state index in [9.17, 15) is 0 Å². The quantitative estimate of drug-likeness (QED) is 0.910. The van der Waals surface area contributed by atoms with E-state index in [2.05, 4.69) is 59.8 Å². The van der Waals surface area contributed by atoms with Gasteiger partial charge in [0.15, 0.2) is 5.82 Å². The molecule has 1 aliphatic heterocycles. The summed E-state index contributed by atoms with van der Waals surface area (Å²) in [5.41, 5.74) is 3.41. The van der Waals surface area contributed by atoms with Crippen LogP contribution in [0.4, 0.5) is 5.82 Å². The zero-order valence-electron chi connectivity index (χ0n) is 13.4. The first-order chi connectivity index (χ1) is 10.7. The molecule has 1 atom stereocenters. The van der Waals surface area contributed by atoms with E-state index >= 15 is 0 Å². The zero-order valence-corrected chi connectivity index (χ0v) is 13.4. The maximum Gasteiger partial charge on any atom is 0.161 e. The van der Waals surface area contributed by atoms with Crippen molar-refractivity contribution < 1.29 is 0 Å². The summed E-state index contributed by atoms with van der Waals surface area (Å²) >= 11 is 0. The highest BCUT2D eigenvalue weighted by Gasteiger charge is 2.14. The van der Waals surface area contributed by atoms with E-state index in [1.165, 1.54) is 18.4 Å². The summed E-state index contributed by atoms with van der Waals surface area (Å²) in [5.74, 6) is 1.75. The second-order valence-corrected chi connectivity index (χ2v) is 5.98. The molecule has 1 aliphatic rings. The van der Waals surface area contributed by atoms with Gasteiger partial charge in [0.2, 0.25) is 0 Å². The standard InChI is InChI=1S/C18H24N4/c1-3-15-11-17(20-16-5-4-10-19-12-16)22-18(21-15)14-8-6-13(2)7-9-14/h6-9,11,16,19H,3-5,10,12H2,1-2H3,(H,20,21,22). The Hall–Kier alpha value is -1.94. The van der Waals surface area contributed by atoms with Gasteiger partial charge >= 0.3 is 0 Å². The summed E-state index contributed by atoms with van der Waals surface area (Å²) in [6.45, 7) is 6.35.